The zero-order valence-electron chi connectivity index (χ0n) is 35.1. The molecule has 1 aliphatic rings. The summed E-state index contributed by atoms with van der Waals surface area (Å²) < 4.78 is 12.2. The number of nitrogens with zero attached hydrogens (tertiary/aromatic N) is 2. The minimum absolute atomic E-state index is 0.334. The van der Waals surface area contributed by atoms with E-state index in [1.165, 1.54) is 38.5 Å². The minimum Gasteiger partial charge on any atom is -0.494 e. The molecule has 7 aromatic rings. The van der Waals surface area contributed by atoms with Crippen LogP contribution in [0.25, 0.3) is 41.4 Å². The Morgan fingerprint density at radius 3 is 1.58 bits per heavy atom. The molecule has 0 aliphatic carbocycles. The third kappa shape index (κ3) is 9.32. The van der Waals surface area contributed by atoms with Crippen LogP contribution in [0, 0.1) is 0 Å². The molecule has 10 heteroatoms. The number of carboxylic acids is 1. The number of aliphatic carboxylic acids is 1. The molecule has 0 saturated heterocycles. The maximum absolute atomic E-state index is 13.2. The lowest BCUT2D eigenvalue weighted by Gasteiger charge is -2.26. The van der Waals surface area contributed by atoms with E-state index < -0.39 is 24.3 Å². The molecule has 0 atom stereocenters. The second kappa shape index (κ2) is 19.6. The minimum atomic E-state index is -1.24. The summed E-state index contributed by atoms with van der Waals surface area (Å²) >= 11 is 3.39. The van der Waals surface area contributed by atoms with E-state index in [9.17, 15) is 19.5 Å². The van der Waals surface area contributed by atoms with Crippen LogP contribution in [0.5, 0.6) is 11.5 Å². The predicted octanol–water partition coefficient (Wildman–Crippen LogP) is 14.0. The molecule has 2 amide bonds. The van der Waals surface area contributed by atoms with Gasteiger partial charge in [-0.1, -0.05) is 82.7 Å². The number of ether oxygens (including phenoxy) is 2. The Balaban J connectivity index is 1.02. The number of carbonyl (C=O) groups is 3. The summed E-state index contributed by atoms with van der Waals surface area (Å²) in [5.74, 6) is -0.674. The maximum atomic E-state index is 13.2. The summed E-state index contributed by atoms with van der Waals surface area (Å²) in [5.41, 5.74) is 5.81. The molecule has 8 nitrogen and oxygen atoms in total. The lowest BCUT2D eigenvalue weighted by Crippen LogP contribution is -2.43. The Morgan fingerprint density at radius 2 is 1.03 bits per heavy atom. The highest BCUT2D eigenvalue weighted by Gasteiger charge is 2.34. The normalized spacial score (nSPS) is 12.3. The van der Waals surface area contributed by atoms with Gasteiger partial charge in [0, 0.05) is 53.1 Å². The molecule has 0 saturated carbocycles. The highest BCUT2D eigenvalue weighted by Crippen LogP contribution is 2.44. The maximum Gasteiger partial charge on any atom is 0.323 e. The van der Waals surface area contributed by atoms with Gasteiger partial charge in [0.05, 0.1) is 13.2 Å². The summed E-state index contributed by atoms with van der Waals surface area (Å²) in [4.78, 5) is 45.4. The molecule has 8 rings (SSSR count). The first-order valence-corrected chi connectivity index (χ1v) is 23.2. The molecule has 0 fully saturated rings. The number of hydrogen-bond acceptors (Lipinski definition) is 8. The van der Waals surface area contributed by atoms with Gasteiger partial charge in [0.25, 0.3) is 11.8 Å². The number of carbonyl (C=O) groups excluding carboxylic acids is 2. The Bertz CT molecular complexity index is 2590. The first-order valence-electron chi connectivity index (χ1n) is 21.5. The second-order valence-corrected chi connectivity index (χ2v) is 17.7. The van der Waals surface area contributed by atoms with Crippen molar-refractivity contribution >= 4 is 68.3 Å². The topological polar surface area (TPSA) is 96.4 Å². The van der Waals surface area contributed by atoms with E-state index >= 15 is 0 Å². The van der Waals surface area contributed by atoms with Crippen molar-refractivity contribution in [2.75, 3.05) is 24.7 Å². The summed E-state index contributed by atoms with van der Waals surface area (Å²) in [5, 5.41) is 10.7. The number of imide groups is 1. The molecule has 0 spiro atoms. The average molecular weight is 863 g/mol. The first kappa shape index (κ1) is 42.5. The third-order valence-corrected chi connectivity index (χ3v) is 13.6. The molecule has 316 valence electrons. The number of benzene rings is 5. The zero-order chi connectivity index (χ0) is 43.0. The molecule has 0 unspecified atom stereocenters. The highest BCUT2D eigenvalue weighted by molar-refractivity contribution is 7.25. The molecule has 0 bridgehead atoms. The standard InChI is InChI=1S/C52H50N2O6S2/c1-3-5-7-9-32-59-39-22-18-37(19-23-39)54(38-20-24-40(25-21-38)60-33-10-8-6-4-2)36-16-14-35(15-17-36)45-28-30-47(61-45)48-31-29-46(62-48)41-26-27-44-50-42(41)12-11-13-43(50)51(57)53(52(44)58)34-49(55)56/h11-31H,3-10,32-34H2,1-2H3,(H,55,56). The molecule has 1 aliphatic heterocycles. The third-order valence-electron chi connectivity index (χ3n) is 11.1. The van der Waals surface area contributed by atoms with E-state index in [4.69, 9.17) is 9.47 Å². The zero-order valence-corrected chi connectivity index (χ0v) is 36.7. The van der Waals surface area contributed by atoms with E-state index in [2.05, 4.69) is 116 Å². The van der Waals surface area contributed by atoms with E-state index in [1.54, 1.807) is 40.9 Å². The number of anilines is 3. The fourth-order valence-electron chi connectivity index (χ4n) is 7.92. The average Bonchev–Trinajstić information content (AvgIpc) is 3.99. The van der Waals surface area contributed by atoms with Crippen molar-refractivity contribution in [2.24, 2.45) is 0 Å². The fraction of sp³-hybridized carbons (Fsp3) is 0.250. The summed E-state index contributed by atoms with van der Waals surface area (Å²) in [6.07, 6.45) is 9.35. The van der Waals surface area contributed by atoms with Crippen LogP contribution in [-0.2, 0) is 4.79 Å². The van der Waals surface area contributed by atoms with Crippen LogP contribution in [0.15, 0.2) is 127 Å². The summed E-state index contributed by atoms with van der Waals surface area (Å²) in [6.45, 7) is 5.20. The highest BCUT2D eigenvalue weighted by atomic mass is 32.1. The fourth-order valence-corrected chi connectivity index (χ4v) is 10.1. The van der Waals surface area contributed by atoms with Gasteiger partial charge < -0.3 is 19.5 Å². The summed E-state index contributed by atoms with van der Waals surface area (Å²) in [7, 11) is 0. The lowest BCUT2D eigenvalue weighted by molar-refractivity contribution is -0.137. The molecule has 0 radical (unpaired) electrons. The van der Waals surface area contributed by atoms with E-state index in [1.807, 2.05) is 12.1 Å². The summed E-state index contributed by atoms with van der Waals surface area (Å²) in [6, 6.07) is 42.8. The number of hydrogen-bond donors (Lipinski definition) is 1. The van der Waals surface area contributed by atoms with Crippen molar-refractivity contribution in [1.82, 2.24) is 4.90 Å². The largest absolute Gasteiger partial charge is 0.494 e. The monoisotopic (exact) mass is 862 g/mol. The van der Waals surface area contributed by atoms with Crippen LogP contribution < -0.4 is 14.4 Å². The van der Waals surface area contributed by atoms with Gasteiger partial charge in [-0.3, -0.25) is 19.3 Å². The van der Waals surface area contributed by atoms with Gasteiger partial charge in [-0.25, -0.2) is 0 Å². The van der Waals surface area contributed by atoms with Crippen LogP contribution >= 0.6 is 22.7 Å². The van der Waals surface area contributed by atoms with E-state index in [0.717, 1.165) is 95.5 Å². The van der Waals surface area contributed by atoms with E-state index in [0.29, 0.717) is 16.5 Å². The number of unbranched alkanes of at least 4 members (excludes halogenated alkanes) is 6. The second-order valence-electron chi connectivity index (χ2n) is 15.5. The van der Waals surface area contributed by atoms with Crippen molar-refractivity contribution in [1.29, 1.82) is 0 Å². The van der Waals surface area contributed by atoms with Crippen LogP contribution in [0.4, 0.5) is 17.1 Å². The molecule has 62 heavy (non-hydrogen) atoms. The molecular formula is C52H50N2O6S2. The molecule has 5 aromatic carbocycles. The SMILES string of the molecule is CCCCCCOc1ccc(N(c2ccc(OCCCCCC)cc2)c2ccc(-c3ccc(-c4ccc(-c5ccc6c7c(cccc57)C(=O)N(CC(=O)O)C6=O)s4)s3)cc2)cc1. The number of rotatable bonds is 20. The van der Waals surface area contributed by atoms with Gasteiger partial charge in [0.15, 0.2) is 0 Å². The first-order chi connectivity index (χ1) is 30.3. The number of amides is 2. The Labute approximate surface area is 371 Å². The van der Waals surface area contributed by atoms with Gasteiger partial charge in [0.1, 0.15) is 18.0 Å². The van der Waals surface area contributed by atoms with Crippen molar-refractivity contribution in [3.63, 3.8) is 0 Å². The van der Waals surface area contributed by atoms with Crippen LogP contribution in [0.2, 0.25) is 0 Å². The number of carboxylic acid groups (broad SMARTS) is 1. The molecule has 2 aromatic heterocycles. The Kier molecular flexibility index (Phi) is 13.5. The Hall–Kier alpha value is -6.23. The van der Waals surface area contributed by atoms with Crippen LogP contribution in [0.1, 0.15) is 85.9 Å². The quantitative estimate of drug-likeness (QED) is 0.0602. The van der Waals surface area contributed by atoms with Gasteiger partial charge in [-0.15, -0.1) is 22.7 Å². The molecule has 3 heterocycles. The van der Waals surface area contributed by atoms with E-state index in [-0.39, 0.29) is 0 Å². The van der Waals surface area contributed by atoms with Gasteiger partial charge in [-0.2, -0.15) is 0 Å². The van der Waals surface area contributed by atoms with Crippen LogP contribution in [0.3, 0.4) is 0 Å². The van der Waals surface area contributed by atoms with Crippen molar-refractivity contribution in [3.8, 4) is 42.1 Å². The van der Waals surface area contributed by atoms with Gasteiger partial charge >= 0.3 is 5.97 Å². The smallest absolute Gasteiger partial charge is 0.323 e. The van der Waals surface area contributed by atoms with Gasteiger partial charge in [-0.05, 0) is 126 Å². The molecule has 1 N–H and O–H groups in total. The van der Waals surface area contributed by atoms with Crippen molar-refractivity contribution in [2.45, 2.75) is 65.2 Å². The number of thiophene rings is 2. The van der Waals surface area contributed by atoms with Crippen molar-refractivity contribution < 1.29 is 29.0 Å². The lowest BCUT2D eigenvalue weighted by atomic mass is 9.91. The van der Waals surface area contributed by atoms with Crippen LogP contribution in [-0.4, -0.2) is 47.5 Å². The van der Waals surface area contributed by atoms with Crippen molar-refractivity contribution in [3.05, 3.63) is 139 Å². The van der Waals surface area contributed by atoms with Gasteiger partial charge in [0.2, 0.25) is 0 Å². The Morgan fingerprint density at radius 1 is 0.548 bits per heavy atom. The molecular weight excluding hydrogens is 813 g/mol. The predicted molar refractivity (Wildman–Crippen MR) is 253 cm³/mol.